The average molecular weight is 302 g/mol. The lowest BCUT2D eigenvalue weighted by atomic mass is 9.77. The number of benzene rings is 2. The maximum atomic E-state index is 6.16. The molecule has 2 nitrogen and oxygen atoms in total. The first kappa shape index (κ1) is 14.4. The van der Waals surface area contributed by atoms with Crippen LogP contribution in [0.2, 0.25) is 5.02 Å². The molecule has 1 N–H and O–H groups in total. The highest BCUT2D eigenvalue weighted by atomic mass is 35.5. The summed E-state index contributed by atoms with van der Waals surface area (Å²) in [6.07, 6.45) is 1.14. The van der Waals surface area contributed by atoms with Crippen LogP contribution < -0.4 is 10.1 Å². The minimum absolute atomic E-state index is 0.464. The number of hydrogen-bond acceptors (Lipinski definition) is 2. The molecule has 0 spiro atoms. The van der Waals surface area contributed by atoms with Gasteiger partial charge in [-0.25, -0.2) is 0 Å². The van der Waals surface area contributed by atoms with Crippen LogP contribution in [0.1, 0.15) is 29.4 Å². The first-order chi connectivity index (χ1) is 10.3. The Hall–Kier alpha value is -1.51. The number of nitrogens with one attached hydrogen (secondary N) is 1. The highest BCUT2D eigenvalue weighted by Crippen LogP contribution is 2.38. The van der Waals surface area contributed by atoms with Crippen LogP contribution in [0, 0.1) is 0 Å². The number of methoxy groups -OCH3 is 1. The van der Waals surface area contributed by atoms with Gasteiger partial charge in [-0.1, -0.05) is 35.9 Å². The molecule has 0 saturated carbocycles. The van der Waals surface area contributed by atoms with E-state index >= 15 is 0 Å². The summed E-state index contributed by atoms with van der Waals surface area (Å²) >= 11 is 6.16. The van der Waals surface area contributed by atoms with Gasteiger partial charge in [-0.05, 0) is 54.3 Å². The second-order valence-corrected chi connectivity index (χ2v) is 5.97. The van der Waals surface area contributed by atoms with E-state index in [1.807, 2.05) is 24.3 Å². The van der Waals surface area contributed by atoms with Gasteiger partial charge in [-0.15, -0.1) is 0 Å². The van der Waals surface area contributed by atoms with Crippen molar-refractivity contribution in [1.82, 2.24) is 5.32 Å². The van der Waals surface area contributed by atoms with Gasteiger partial charge in [0.05, 0.1) is 7.11 Å². The number of rotatable bonds is 3. The number of ether oxygens (including phenoxy) is 1. The van der Waals surface area contributed by atoms with Crippen molar-refractivity contribution >= 4 is 11.6 Å². The van der Waals surface area contributed by atoms with Crippen LogP contribution in [-0.2, 0) is 0 Å². The highest BCUT2D eigenvalue weighted by molar-refractivity contribution is 6.30. The van der Waals surface area contributed by atoms with E-state index in [1.165, 1.54) is 11.1 Å². The third-order valence-electron chi connectivity index (χ3n) is 4.30. The molecule has 2 aromatic rings. The Morgan fingerprint density at radius 2 is 1.86 bits per heavy atom. The van der Waals surface area contributed by atoms with Gasteiger partial charge >= 0.3 is 0 Å². The molecule has 0 aromatic heterocycles. The zero-order valence-electron chi connectivity index (χ0n) is 12.2. The van der Waals surface area contributed by atoms with E-state index in [9.17, 15) is 0 Å². The molecule has 1 saturated heterocycles. The molecular weight excluding hydrogens is 282 g/mol. The number of hydrogen-bond donors (Lipinski definition) is 1. The molecule has 2 atom stereocenters. The molecule has 0 aliphatic carbocycles. The number of halogens is 1. The van der Waals surface area contributed by atoms with E-state index in [2.05, 4.69) is 29.6 Å². The lowest BCUT2D eigenvalue weighted by Gasteiger charge is -2.33. The summed E-state index contributed by atoms with van der Waals surface area (Å²) in [5.41, 5.74) is 2.69. The van der Waals surface area contributed by atoms with Crippen molar-refractivity contribution in [2.75, 3.05) is 20.2 Å². The van der Waals surface area contributed by atoms with Crippen LogP contribution in [0.15, 0.2) is 48.5 Å². The summed E-state index contributed by atoms with van der Waals surface area (Å²) in [4.78, 5) is 0. The van der Waals surface area contributed by atoms with Crippen molar-refractivity contribution in [3.05, 3.63) is 64.7 Å². The molecule has 3 heteroatoms. The lowest BCUT2D eigenvalue weighted by molar-refractivity contribution is 0.401. The Bertz CT molecular complexity index is 596. The van der Waals surface area contributed by atoms with Gasteiger partial charge in [0.1, 0.15) is 5.75 Å². The highest BCUT2D eigenvalue weighted by Gasteiger charge is 2.27. The second-order valence-electron chi connectivity index (χ2n) is 5.53. The molecule has 1 heterocycles. The van der Waals surface area contributed by atoms with Crippen molar-refractivity contribution < 1.29 is 4.74 Å². The summed E-state index contributed by atoms with van der Waals surface area (Å²) < 4.78 is 5.25. The van der Waals surface area contributed by atoms with Crippen molar-refractivity contribution in [3.8, 4) is 5.75 Å². The number of piperidine rings is 1. The Labute approximate surface area is 131 Å². The first-order valence-corrected chi connectivity index (χ1v) is 7.76. The minimum Gasteiger partial charge on any atom is -0.497 e. The van der Waals surface area contributed by atoms with E-state index in [0.717, 1.165) is 30.3 Å². The molecule has 1 aliphatic heterocycles. The van der Waals surface area contributed by atoms with Crippen LogP contribution in [0.3, 0.4) is 0 Å². The van der Waals surface area contributed by atoms with Gasteiger partial charge in [-0.2, -0.15) is 0 Å². The second kappa shape index (κ2) is 6.50. The SMILES string of the molecule is COc1ccc(C2CCNCC2c2cccc(Cl)c2)cc1. The standard InChI is InChI=1S/C18H20ClNO/c1-21-16-7-5-13(6-8-16)17-9-10-20-12-18(17)14-3-2-4-15(19)11-14/h2-8,11,17-18,20H,9-10,12H2,1H3. The third-order valence-corrected chi connectivity index (χ3v) is 4.54. The van der Waals surface area contributed by atoms with Gasteiger partial charge < -0.3 is 10.1 Å². The monoisotopic (exact) mass is 301 g/mol. The molecule has 0 amide bonds. The van der Waals surface area contributed by atoms with Crippen LogP contribution in [0.4, 0.5) is 0 Å². The van der Waals surface area contributed by atoms with Gasteiger partial charge in [0.2, 0.25) is 0 Å². The van der Waals surface area contributed by atoms with E-state index in [4.69, 9.17) is 16.3 Å². The first-order valence-electron chi connectivity index (χ1n) is 7.38. The van der Waals surface area contributed by atoms with Crippen molar-refractivity contribution in [2.24, 2.45) is 0 Å². The van der Waals surface area contributed by atoms with Gasteiger partial charge in [0.15, 0.2) is 0 Å². The van der Waals surface area contributed by atoms with E-state index in [-0.39, 0.29) is 0 Å². The Morgan fingerprint density at radius 3 is 2.57 bits per heavy atom. The quantitative estimate of drug-likeness (QED) is 0.917. The molecule has 3 rings (SSSR count). The maximum absolute atomic E-state index is 6.16. The smallest absolute Gasteiger partial charge is 0.118 e. The predicted octanol–water partition coefficient (Wildman–Crippen LogP) is 4.21. The molecule has 0 bridgehead atoms. The summed E-state index contributed by atoms with van der Waals surface area (Å²) in [6.45, 7) is 2.06. The average Bonchev–Trinajstić information content (AvgIpc) is 2.55. The zero-order chi connectivity index (χ0) is 14.7. The molecule has 21 heavy (non-hydrogen) atoms. The lowest BCUT2D eigenvalue weighted by Crippen LogP contribution is -2.34. The van der Waals surface area contributed by atoms with Crippen molar-refractivity contribution in [3.63, 3.8) is 0 Å². The van der Waals surface area contributed by atoms with Crippen LogP contribution in [0.5, 0.6) is 5.75 Å². The molecule has 2 unspecified atom stereocenters. The van der Waals surface area contributed by atoms with Crippen LogP contribution >= 0.6 is 11.6 Å². The van der Waals surface area contributed by atoms with Gasteiger partial charge in [0.25, 0.3) is 0 Å². The molecule has 110 valence electrons. The summed E-state index contributed by atoms with van der Waals surface area (Å²) in [7, 11) is 1.70. The summed E-state index contributed by atoms with van der Waals surface area (Å²) in [5, 5.41) is 4.32. The van der Waals surface area contributed by atoms with Gasteiger partial charge in [-0.3, -0.25) is 0 Å². The fourth-order valence-corrected chi connectivity index (χ4v) is 3.39. The van der Waals surface area contributed by atoms with Crippen LogP contribution in [0.25, 0.3) is 0 Å². The minimum atomic E-state index is 0.464. The normalized spacial score (nSPS) is 22.0. The van der Waals surface area contributed by atoms with Crippen molar-refractivity contribution in [1.29, 1.82) is 0 Å². The summed E-state index contributed by atoms with van der Waals surface area (Å²) in [5.74, 6) is 1.90. The van der Waals surface area contributed by atoms with Gasteiger partial charge in [0, 0.05) is 17.5 Å². The zero-order valence-corrected chi connectivity index (χ0v) is 12.9. The fraction of sp³-hybridized carbons (Fsp3) is 0.333. The molecule has 0 radical (unpaired) electrons. The molecule has 1 fully saturated rings. The summed E-state index contributed by atoms with van der Waals surface area (Å²) in [6, 6.07) is 16.7. The van der Waals surface area contributed by atoms with Crippen LogP contribution in [-0.4, -0.2) is 20.2 Å². The molecule has 1 aliphatic rings. The van der Waals surface area contributed by atoms with Crippen molar-refractivity contribution in [2.45, 2.75) is 18.3 Å². The maximum Gasteiger partial charge on any atom is 0.118 e. The van der Waals surface area contributed by atoms with E-state index in [1.54, 1.807) is 7.11 Å². The molecular formula is C18H20ClNO. The van der Waals surface area contributed by atoms with E-state index < -0.39 is 0 Å². The molecule has 2 aromatic carbocycles. The Balaban J connectivity index is 1.90. The topological polar surface area (TPSA) is 21.3 Å². The fourth-order valence-electron chi connectivity index (χ4n) is 3.20. The Kier molecular flexibility index (Phi) is 4.47. The third kappa shape index (κ3) is 3.22. The Morgan fingerprint density at radius 1 is 1.05 bits per heavy atom. The van der Waals surface area contributed by atoms with E-state index in [0.29, 0.717) is 11.8 Å². The largest absolute Gasteiger partial charge is 0.497 e. The predicted molar refractivity (Wildman–Crippen MR) is 87.4 cm³/mol.